The minimum Gasteiger partial charge on any atom is -0.480 e. The van der Waals surface area contributed by atoms with E-state index in [1.807, 2.05) is 20.8 Å². The molecule has 1 aromatic heterocycles. The highest BCUT2D eigenvalue weighted by Gasteiger charge is 2.37. The van der Waals surface area contributed by atoms with Crippen molar-refractivity contribution in [1.29, 1.82) is 0 Å². The second-order valence-electron chi connectivity index (χ2n) is 5.92. The van der Waals surface area contributed by atoms with E-state index in [-0.39, 0.29) is 22.8 Å². The van der Waals surface area contributed by atoms with E-state index in [2.05, 4.69) is 10.3 Å². The lowest BCUT2D eigenvalue weighted by Crippen LogP contribution is -2.39. The van der Waals surface area contributed by atoms with Gasteiger partial charge in [-0.05, 0) is 39.5 Å². The summed E-state index contributed by atoms with van der Waals surface area (Å²) in [5, 5.41) is 11.9. The first-order chi connectivity index (χ1) is 8.80. The van der Waals surface area contributed by atoms with E-state index in [0.717, 1.165) is 12.8 Å². The largest absolute Gasteiger partial charge is 0.480 e. The van der Waals surface area contributed by atoms with Crippen molar-refractivity contribution < 1.29 is 9.90 Å². The summed E-state index contributed by atoms with van der Waals surface area (Å²) in [5.41, 5.74) is -0.656. The third-order valence-electron chi connectivity index (χ3n) is 3.22. The molecule has 104 valence electrons. The monoisotopic (exact) mass is 265 g/mol. The van der Waals surface area contributed by atoms with E-state index in [0.29, 0.717) is 0 Å². The summed E-state index contributed by atoms with van der Waals surface area (Å²) < 4.78 is 1.55. The van der Waals surface area contributed by atoms with Crippen molar-refractivity contribution in [2.75, 3.05) is 5.32 Å². The molecule has 19 heavy (non-hydrogen) atoms. The van der Waals surface area contributed by atoms with E-state index >= 15 is 0 Å². The molecule has 1 unspecified atom stereocenters. The van der Waals surface area contributed by atoms with Gasteiger partial charge in [-0.3, -0.25) is 4.79 Å². The number of hydrogen-bond donors (Lipinski definition) is 2. The van der Waals surface area contributed by atoms with Gasteiger partial charge in [-0.2, -0.15) is 0 Å². The van der Waals surface area contributed by atoms with Crippen LogP contribution in [-0.2, 0) is 10.3 Å². The van der Waals surface area contributed by atoms with Crippen LogP contribution in [0.25, 0.3) is 0 Å². The Labute approximate surface area is 111 Å². The van der Waals surface area contributed by atoms with Crippen LogP contribution >= 0.6 is 0 Å². The van der Waals surface area contributed by atoms with Crippen molar-refractivity contribution in [2.24, 2.45) is 5.92 Å². The van der Waals surface area contributed by atoms with Crippen molar-refractivity contribution in [3.8, 4) is 0 Å². The van der Waals surface area contributed by atoms with Gasteiger partial charge in [-0.1, -0.05) is 0 Å². The minimum absolute atomic E-state index is 0.0991. The topological polar surface area (TPSA) is 84.2 Å². The van der Waals surface area contributed by atoms with Crippen LogP contribution < -0.4 is 10.9 Å². The Morgan fingerprint density at radius 3 is 2.63 bits per heavy atom. The van der Waals surface area contributed by atoms with E-state index in [1.165, 1.54) is 6.20 Å². The third kappa shape index (κ3) is 2.94. The van der Waals surface area contributed by atoms with Gasteiger partial charge >= 0.3 is 5.97 Å². The Hall–Kier alpha value is -1.85. The molecule has 1 aliphatic carbocycles. The number of carboxylic acids is 1. The number of aliphatic carboxylic acids is 1. The molecule has 1 fully saturated rings. The zero-order valence-corrected chi connectivity index (χ0v) is 11.4. The molecule has 2 N–H and O–H groups in total. The third-order valence-corrected chi connectivity index (χ3v) is 3.22. The zero-order chi connectivity index (χ0) is 14.2. The Morgan fingerprint density at radius 1 is 1.53 bits per heavy atom. The van der Waals surface area contributed by atoms with Crippen molar-refractivity contribution in [3.63, 3.8) is 0 Å². The predicted octanol–water partition coefficient (Wildman–Crippen LogP) is 1.27. The Balaban J connectivity index is 2.30. The Kier molecular flexibility index (Phi) is 3.34. The van der Waals surface area contributed by atoms with Gasteiger partial charge in [0.1, 0.15) is 6.04 Å². The van der Waals surface area contributed by atoms with Gasteiger partial charge < -0.3 is 15.0 Å². The first-order valence-electron chi connectivity index (χ1n) is 6.38. The zero-order valence-electron chi connectivity index (χ0n) is 11.4. The summed E-state index contributed by atoms with van der Waals surface area (Å²) in [6, 6.07) is -0.726. The summed E-state index contributed by atoms with van der Waals surface area (Å²) in [6.07, 6.45) is 4.88. The van der Waals surface area contributed by atoms with Gasteiger partial charge in [0.05, 0.1) is 0 Å². The highest BCUT2D eigenvalue weighted by Crippen LogP contribution is 2.33. The number of hydrogen-bond acceptors (Lipinski definition) is 4. The van der Waals surface area contributed by atoms with Gasteiger partial charge in [0, 0.05) is 17.9 Å². The summed E-state index contributed by atoms with van der Waals surface area (Å²) in [7, 11) is 0. The van der Waals surface area contributed by atoms with Crippen molar-refractivity contribution in [1.82, 2.24) is 9.55 Å². The fraction of sp³-hybridized carbons (Fsp3) is 0.615. The number of nitrogens with zero attached hydrogens (tertiary/aromatic N) is 2. The molecule has 0 aromatic carbocycles. The van der Waals surface area contributed by atoms with Gasteiger partial charge in [0.15, 0.2) is 5.82 Å². The van der Waals surface area contributed by atoms with E-state index in [4.69, 9.17) is 5.11 Å². The van der Waals surface area contributed by atoms with Gasteiger partial charge in [-0.25, -0.2) is 9.78 Å². The molecule has 2 rings (SSSR count). The normalized spacial score (nSPS) is 17.0. The van der Waals surface area contributed by atoms with E-state index < -0.39 is 12.0 Å². The molecule has 6 nitrogen and oxygen atoms in total. The lowest BCUT2D eigenvalue weighted by atomic mass is 10.1. The molecular formula is C13H19N3O3. The second-order valence-corrected chi connectivity index (χ2v) is 5.92. The van der Waals surface area contributed by atoms with Crippen LogP contribution in [0.2, 0.25) is 0 Å². The number of carboxylic acid groups (broad SMARTS) is 1. The molecule has 1 atom stereocenters. The maximum atomic E-state index is 12.3. The smallest absolute Gasteiger partial charge is 0.326 e. The Morgan fingerprint density at radius 2 is 2.16 bits per heavy atom. The highest BCUT2D eigenvalue weighted by atomic mass is 16.4. The number of carbonyl (C=O) groups is 1. The Bertz CT molecular complexity index is 541. The second kappa shape index (κ2) is 4.68. The molecule has 0 aliphatic heterocycles. The van der Waals surface area contributed by atoms with E-state index in [9.17, 15) is 9.59 Å². The van der Waals surface area contributed by atoms with Gasteiger partial charge in [0.2, 0.25) is 0 Å². The van der Waals surface area contributed by atoms with Crippen LogP contribution in [-0.4, -0.2) is 26.7 Å². The van der Waals surface area contributed by atoms with Gasteiger partial charge in [-0.15, -0.1) is 0 Å². The molecule has 0 radical (unpaired) electrons. The lowest BCUT2D eigenvalue weighted by molar-refractivity contribution is -0.138. The van der Waals surface area contributed by atoms with Gasteiger partial charge in [0.25, 0.3) is 5.56 Å². The summed E-state index contributed by atoms with van der Waals surface area (Å²) in [5.74, 6) is -0.728. The van der Waals surface area contributed by atoms with Crippen LogP contribution in [0.15, 0.2) is 17.2 Å². The van der Waals surface area contributed by atoms with Crippen LogP contribution in [0, 0.1) is 5.92 Å². The predicted molar refractivity (Wildman–Crippen MR) is 71.3 cm³/mol. The van der Waals surface area contributed by atoms with E-state index in [1.54, 1.807) is 10.8 Å². The summed E-state index contributed by atoms with van der Waals surface area (Å²) >= 11 is 0. The van der Waals surface area contributed by atoms with Crippen molar-refractivity contribution >= 4 is 11.8 Å². The maximum absolute atomic E-state index is 12.3. The number of rotatable bonds is 4. The first kappa shape index (κ1) is 13.6. The molecule has 1 saturated carbocycles. The molecule has 0 bridgehead atoms. The average molecular weight is 265 g/mol. The molecule has 0 saturated heterocycles. The minimum atomic E-state index is -0.935. The highest BCUT2D eigenvalue weighted by molar-refractivity contribution is 5.77. The number of anilines is 1. The molecule has 1 aromatic rings. The van der Waals surface area contributed by atoms with Crippen molar-refractivity contribution in [2.45, 2.75) is 45.2 Å². The molecule has 1 aliphatic rings. The van der Waals surface area contributed by atoms with Crippen LogP contribution in [0.1, 0.15) is 33.6 Å². The molecule has 0 spiro atoms. The number of aromatic nitrogens is 2. The summed E-state index contributed by atoms with van der Waals surface area (Å²) in [6.45, 7) is 5.73. The fourth-order valence-corrected chi connectivity index (χ4v) is 2.00. The summed E-state index contributed by atoms with van der Waals surface area (Å²) in [4.78, 5) is 27.4. The van der Waals surface area contributed by atoms with Crippen molar-refractivity contribution in [3.05, 3.63) is 22.7 Å². The molecule has 6 heteroatoms. The first-order valence-corrected chi connectivity index (χ1v) is 6.38. The standard InChI is InChI=1S/C13H19N3O3/c1-13(2,3)16-7-6-14-10(11(16)17)15-9(12(18)19)8-4-5-8/h6-9H,4-5H2,1-3H3,(H,14,15)(H,18,19). The van der Waals surface area contributed by atoms with Crippen LogP contribution in [0.5, 0.6) is 0 Å². The fourth-order valence-electron chi connectivity index (χ4n) is 2.00. The average Bonchev–Trinajstić information content (AvgIpc) is 3.09. The number of nitrogens with one attached hydrogen (secondary N) is 1. The molecule has 0 amide bonds. The lowest BCUT2D eigenvalue weighted by Gasteiger charge is -2.23. The SMILES string of the molecule is CC(C)(C)n1ccnc(NC(C(=O)O)C2CC2)c1=O. The van der Waals surface area contributed by atoms with Crippen LogP contribution in [0.3, 0.4) is 0 Å². The molecular weight excluding hydrogens is 246 g/mol. The van der Waals surface area contributed by atoms with Crippen LogP contribution in [0.4, 0.5) is 5.82 Å². The quantitative estimate of drug-likeness (QED) is 0.856. The maximum Gasteiger partial charge on any atom is 0.326 e. The molecule has 1 heterocycles.